The Bertz CT molecular complexity index is 692. The molecule has 5 nitrogen and oxygen atoms in total. The first-order valence-corrected chi connectivity index (χ1v) is 12.3. The summed E-state index contributed by atoms with van der Waals surface area (Å²) < 4.78 is 0. The first kappa shape index (κ1) is 23.8. The van der Waals surface area contributed by atoms with Gasteiger partial charge in [0.1, 0.15) is 6.04 Å². The summed E-state index contributed by atoms with van der Waals surface area (Å²) in [5.74, 6) is 0.977. The summed E-state index contributed by atoms with van der Waals surface area (Å²) in [6, 6.07) is 10.3. The molecule has 1 aromatic carbocycles. The summed E-state index contributed by atoms with van der Waals surface area (Å²) in [6.45, 7) is 9.35. The maximum atomic E-state index is 13.1. The minimum absolute atomic E-state index is 0.00612. The van der Waals surface area contributed by atoms with Crippen LogP contribution >= 0.6 is 0 Å². The van der Waals surface area contributed by atoms with Crippen LogP contribution in [0.25, 0.3) is 0 Å². The van der Waals surface area contributed by atoms with Crippen molar-refractivity contribution in [2.75, 3.05) is 13.1 Å². The molecule has 3 rings (SSSR count). The van der Waals surface area contributed by atoms with Crippen molar-refractivity contribution < 1.29 is 9.59 Å². The topological polar surface area (TPSA) is 61.4 Å². The van der Waals surface area contributed by atoms with Crippen LogP contribution in [-0.2, 0) is 16.1 Å². The summed E-state index contributed by atoms with van der Waals surface area (Å²) in [4.78, 5) is 28.4. The van der Waals surface area contributed by atoms with Crippen molar-refractivity contribution in [1.29, 1.82) is 0 Å². The summed E-state index contributed by atoms with van der Waals surface area (Å²) in [6.07, 6.45) is 6.90. The highest BCUT2D eigenvalue weighted by Crippen LogP contribution is 2.28. The predicted molar refractivity (Wildman–Crippen MR) is 125 cm³/mol. The number of carbonyl (C=O) groups is 2. The minimum Gasteiger partial charge on any atom is -0.351 e. The number of piperidine rings is 1. The number of rotatable bonds is 8. The molecule has 2 N–H and O–H groups in total. The van der Waals surface area contributed by atoms with Gasteiger partial charge in [-0.3, -0.25) is 14.5 Å². The molecule has 1 saturated carbocycles. The number of benzene rings is 1. The van der Waals surface area contributed by atoms with Gasteiger partial charge in [-0.2, -0.15) is 0 Å². The van der Waals surface area contributed by atoms with Gasteiger partial charge in [-0.05, 0) is 55.9 Å². The van der Waals surface area contributed by atoms with Crippen molar-refractivity contribution in [2.45, 2.75) is 84.3 Å². The third-order valence-electron chi connectivity index (χ3n) is 7.36. The maximum absolute atomic E-state index is 13.1. The molecule has 2 fully saturated rings. The zero-order chi connectivity index (χ0) is 22.2. The molecule has 2 amide bonds. The van der Waals surface area contributed by atoms with Crippen LogP contribution in [0.5, 0.6) is 0 Å². The molecule has 1 aliphatic carbocycles. The summed E-state index contributed by atoms with van der Waals surface area (Å²) in [5.41, 5.74) is 1.33. The Balaban J connectivity index is 1.48. The van der Waals surface area contributed by atoms with E-state index in [9.17, 15) is 9.59 Å². The lowest BCUT2D eigenvalue weighted by atomic mass is 9.82. The number of nitrogens with one attached hydrogen (secondary N) is 2. The Labute approximate surface area is 188 Å². The molecular formula is C26H41N3O2. The van der Waals surface area contributed by atoms with Crippen molar-refractivity contribution in [3.8, 4) is 0 Å². The second-order valence-electron chi connectivity index (χ2n) is 9.87. The smallest absolute Gasteiger partial charge is 0.243 e. The Hall–Kier alpha value is -1.88. The van der Waals surface area contributed by atoms with E-state index in [4.69, 9.17) is 0 Å². The highest BCUT2D eigenvalue weighted by molar-refractivity contribution is 5.88. The first-order valence-electron chi connectivity index (χ1n) is 12.3. The molecule has 0 radical (unpaired) electrons. The number of nitrogens with zero attached hydrogens (tertiary/aromatic N) is 1. The number of carbonyl (C=O) groups excluding carboxylic acids is 2. The van der Waals surface area contributed by atoms with Gasteiger partial charge in [0.25, 0.3) is 0 Å². The van der Waals surface area contributed by atoms with Gasteiger partial charge in [0, 0.05) is 31.6 Å². The van der Waals surface area contributed by atoms with Crippen LogP contribution in [0, 0.1) is 17.8 Å². The molecule has 0 spiro atoms. The molecular weight excluding hydrogens is 386 g/mol. The van der Waals surface area contributed by atoms with Crippen molar-refractivity contribution >= 4 is 11.8 Å². The maximum Gasteiger partial charge on any atom is 0.243 e. The molecule has 172 valence electrons. The Morgan fingerprint density at radius 1 is 1.03 bits per heavy atom. The Kier molecular flexibility index (Phi) is 8.94. The van der Waals surface area contributed by atoms with E-state index in [0.29, 0.717) is 5.92 Å². The quantitative estimate of drug-likeness (QED) is 0.656. The lowest BCUT2D eigenvalue weighted by molar-refractivity contribution is -0.133. The molecule has 2 aliphatic rings. The van der Waals surface area contributed by atoms with E-state index in [1.54, 1.807) is 0 Å². The lowest BCUT2D eigenvalue weighted by Crippen LogP contribution is -2.55. The van der Waals surface area contributed by atoms with Gasteiger partial charge < -0.3 is 10.6 Å². The van der Waals surface area contributed by atoms with Crippen LogP contribution < -0.4 is 10.6 Å². The van der Waals surface area contributed by atoms with Gasteiger partial charge in [-0.15, -0.1) is 0 Å². The molecule has 0 bridgehead atoms. The Morgan fingerprint density at radius 3 is 2.29 bits per heavy atom. The van der Waals surface area contributed by atoms with Crippen molar-refractivity contribution in [1.82, 2.24) is 15.5 Å². The monoisotopic (exact) mass is 427 g/mol. The summed E-state index contributed by atoms with van der Waals surface area (Å²) in [5, 5.41) is 6.38. The number of hydrogen-bond donors (Lipinski definition) is 2. The fourth-order valence-corrected chi connectivity index (χ4v) is 4.86. The average molecular weight is 428 g/mol. The number of likely N-dealkylation sites (tertiary alicyclic amines) is 1. The molecule has 1 aromatic rings. The van der Waals surface area contributed by atoms with Gasteiger partial charge in [0.05, 0.1) is 0 Å². The second-order valence-corrected chi connectivity index (χ2v) is 9.87. The molecule has 1 aliphatic heterocycles. The third-order valence-corrected chi connectivity index (χ3v) is 7.36. The zero-order valence-electron chi connectivity index (χ0n) is 19.6. The van der Waals surface area contributed by atoms with E-state index in [0.717, 1.165) is 64.6 Å². The van der Waals surface area contributed by atoms with E-state index in [2.05, 4.69) is 60.6 Å². The molecule has 1 heterocycles. The van der Waals surface area contributed by atoms with E-state index in [-0.39, 0.29) is 29.7 Å². The minimum atomic E-state index is -0.431. The normalized spacial score (nSPS) is 24.9. The van der Waals surface area contributed by atoms with Crippen LogP contribution in [0.2, 0.25) is 0 Å². The average Bonchev–Trinajstić information content (AvgIpc) is 2.79. The molecule has 5 heteroatoms. The van der Waals surface area contributed by atoms with E-state index in [1.807, 2.05) is 6.07 Å². The van der Waals surface area contributed by atoms with Crippen molar-refractivity contribution in [2.24, 2.45) is 17.8 Å². The zero-order valence-corrected chi connectivity index (χ0v) is 19.6. The summed E-state index contributed by atoms with van der Waals surface area (Å²) >= 11 is 0. The highest BCUT2D eigenvalue weighted by Gasteiger charge is 2.32. The van der Waals surface area contributed by atoms with Gasteiger partial charge in [-0.1, -0.05) is 57.5 Å². The fraction of sp³-hybridized carbons (Fsp3) is 0.692. The summed E-state index contributed by atoms with van der Waals surface area (Å²) in [7, 11) is 0. The first-order chi connectivity index (χ1) is 15.0. The highest BCUT2D eigenvalue weighted by atomic mass is 16.2. The van der Waals surface area contributed by atoms with Gasteiger partial charge in [-0.25, -0.2) is 0 Å². The van der Waals surface area contributed by atoms with Crippen molar-refractivity contribution in [3.63, 3.8) is 0 Å². The SMILES string of the molecule is CC[C@H](C)[C@H](NC(=O)C1CCC(C)CC1)C(=O)NC1CCN(Cc2ccccc2)CC1. The van der Waals surface area contributed by atoms with Gasteiger partial charge >= 0.3 is 0 Å². The molecule has 2 atom stereocenters. The van der Waals surface area contributed by atoms with Gasteiger partial charge in [0.2, 0.25) is 11.8 Å². The largest absolute Gasteiger partial charge is 0.351 e. The lowest BCUT2D eigenvalue weighted by Gasteiger charge is -2.34. The van der Waals surface area contributed by atoms with Crippen LogP contribution in [0.3, 0.4) is 0 Å². The predicted octanol–water partition coefficient (Wildman–Crippen LogP) is 4.12. The number of hydrogen-bond acceptors (Lipinski definition) is 3. The standard InChI is InChI=1S/C26H41N3O2/c1-4-20(3)24(28-25(30)22-12-10-19(2)11-13-22)26(31)27-23-14-16-29(17-15-23)18-21-8-6-5-7-9-21/h5-9,19-20,22-24H,4,10-18H2,1-3H3,(H,27,31)(H,28,30)/t19?,20-,22?,24-/m0/s1. The van der Waals surface area contributed by atoms with Crippen LogP contribution in [-0.4, -0.2) is 41.9 Å². The van der Waals surface area contributed by atoms with Crippen LogP contribution in [0.1, 0.15) is 71.3 Å². The van der Waals surface area contributed by atoms with E-state index >= 15 is 0 Å². The van der Waals surface area contributed by atoms with Crippen LogP contribution in [0.4, 0.5) is 0 Å². The molecule has 0 aromatic heterocycles. The molecule has 1 saturated heterocycles. The third kappa shape index (κ3) is 7.06. The fourth-order valence-electron chi connectivity index (χ4n) is 4.86. The second kappa shape index (κ2) is 11.7. The molecule has 31 heavy (non-hydrogen) atoms. The van der Waals surface area contributed by atoms with Crippen molar-refractivity contribution in [3.05, 3.63) is 35.9 Å². The van der Waals surface area contributed by atoms with Gasteiger partial charge in [0.15, 0.2) is 0 Å². The molecule has 0 unspecified atom stereocenters. The Morgan fingerprint density at radius 2 is 1.68 bits per heavy atom. The number of amides is 2. The van der Waals surface area contributed by atoms with E-state index in [1.165, 1.54) is 5.56 Å². The van der Waals surface area contributed by atoms with Crippen LogP contribution in [0.15, 0.2) is 30.3 Å². The van der Waals surface area contributed by atoms with E-state index < -0.39 is 6.04 Å².